The number of aryl methyl sites for hydroxylation is 1. The Labute approximate surface area is 133 Å². The summed E-state index contributed by atoms with van der Waals surface area (Å²) in [6.45, 7) is 5.61. The van der Waals surface area contributed by atoms with Gasteiger partial charge in [0.25, 0.3) is 0 Å². The molecule has 0 spiro atoms. The van der Waals surface area contributed by atoms with Crippen molar-refractivity contribution in [3.63, 3.8) is 0 Å². The number of fused-ring (bicyclic) bond motifs is 1. The van der Waals surface area contributed by atoms with Crippen LogP contribution in [0.15, 0.2) is 54.8 Å². The number of carboxylic acid groups (broad SMARTS) is 1. The van der Waals surface area contributed by atoms with Crippen LogP contribution >= 0.6 is 0 Å². The van der Waals surface area contributed by atoms with Gasteiger partial charge in [0.1, 0.15) is 5.82 Å². The highest BCUT2D eigenvalue weighted by atomic mass is 19.1. The summed E-state index contributed by atoms with van der Waals surface area (Å²) in [4.78, 5) is 11.2. The second-order valence-corrected chi connectivity index (χ2v) is 5.59. The Kier molecular flexibility index (Phi) is 3.74. The SMILES string of the molecule is C=C1C(C(=O)O)=CNc2ccc(Cc3cccc(C)c3F)cc21. The second-order valence-electron chi connectivity index (χ2n) is 5.59. The molecule has 0 saturated carbocycles. The fraction of sp³-hybridized carbons (Fsp3) is 0.105. The molecule has 0 aromatic heterocycles. The average Bonchev–Trinajstić information content (AvgIpc) is 2.52. The lowest BCUT2D eigenvalue weighted by molar-refractivity contribution is -0.132. The molecule has 23 heavy (non-hydrogen) atoms. The summed E-state index contributed by atoms with van der Waals surface area (Å²) < 4.78 is 14.2. The fourth-order valence-corrected chi connectivity index (χ4v) is 2.71. The van der Waals surface area contributed by atoms with Crippen molar-refractivity contribution in [1.82, 2.24) is 0 Å². The third-order valence-corrected chi connectivity index (χ3v) is 4.00. The molecule has 0 bridgehead atoms. The van der Waals surface area contributed by atoms with Gasteiger partial charge in [0.05, 0.1) is 5.57 Å². The minimum absolute atomic E-state index is 0.136. The number of hydrogen-bond acceptors (Lipinski definition) is 2. The van der Waals surface area contributed by atoms with E-state index >= 15 is 0 Å². The highest BCUT2D eigenvalue weighted by molar-refractivity contribution is 6.08. The molecule has 2 N–H and O–H groups in total. The van der Waals surface area contributed by atoms with Crippen LogP contribution in [0.4, 0.5) is 10.1 Å². The number of benzene rings is 2. The van der Waals surface area contributed by atoms with Crippen molar-refractivity contribution in [2.45, 2.75) is 13.3 Å². The minimum atomic E-state index is -1.02. The molecule has 3 nitrogen and oxygen atoms in total. The lowest BCUT2D eigenvalue weighted by Crippen LogP contribution is -2.11. The van der Waals surface area contributed by atoms with Crippen molar-refractivity contribution in [3.05, 3.63) is 82.8 Å². The van der Waals surface area contributed by atoms with Gasteiger partial charge in [-0.25, -0.2) is 9.18 Å². The zero-order chi connectivity index (χ0) is 16.6. The van der Waals surface area contributed by atoms with Crippen LogP contribution in [-0.2, 0) is 11.2 Å². The average molecular weight is 309 g/mol. The van der Waals surface area contributed by atoms with E-state index < -0.39 is 5.97 Å². The number of carboxylic acids is 1. The third-order valence-electron chi connectivity index (χ3n) is 4.00. The first-order valence-corrected chi connectivity index (χ1v) is 7.24. The Morgan fingerprint density at radius 2 is 2.09 bits per heavy atom. The predicted octanol–water partition coefficient (Wildman–Crippen LogP) is 4.13. The number of halogens is 1. The molecule has 0 fully saturated rings. The van der Waals surface area contributed by atoms with Crippen LogP contribution in [-0.4, -0.2) is 11.1 Å². The lowest BCUT2D eigenvalue weighted by atomic mass is 9.92. The molecular weight excluding hydrogens is 293 g/mol. The van der Waals surface area contributed by atoms with Crippen LogP contribution < -0.4 is 5.32 Å². The summed E-state index contributed by atoms with van der Waals surface area (Å²) in [5, 5.41) is 12.1. The highest BCUT2D eigenvalue weighted by Gasteiger charge is 2.20. The van der Waals surface area contributed by atoms with Gasteiger partial charge in [0, 0.05) is 23.9 Å². The number of rotatable bonds is 3. The standard InChI is InChI=1S/C19H16FNO2/c1-11-4-3-5-14(18(11)20)8-13-6-7-17-15(9-13)12(2)16(10-21-17)19(22)23/h3-7,9-10,21H,2,8H2,1H3,(H,22,23). The van der Waals surface area contributed by atoms with Gasteiger partial charge in [-0.05, 0) is 41.3 Å². The van der Waals surface area contributed by atoms with Gasteiger partial charge in [0.2, 0.25) is 0 Å². The lowest BCUT2D eigenvalue weighted by Gasteiger charge is -2.19. The molecule has 1 heterocycles. The maximum absolute atomic E-state index is 14.2. The Balaban J connectivity index is 1.95. The summed E-state index contributed by atoms with van der Waals surface area (Å²) in [6.07, 6.45) is 1.88. The van der Waals surface area contributed by atoms with E-state index in [1.807, 2.05) is 24.3 Å². The molecule has 1 aliphatic rings. The van der Waals surface area contributed by atoms with Gasteiger partial charge >= 0.3 is 5.97 Å². The summed E-state index contributed by atoms with van der Waals surface area (Å²) in [5.74, 6) is -1.23. The van der Waals surface area contributed by atoms with Crippen molar-refractivity contribution in [3.8, 4) is 0 Å². The van der Waals surface area contributed by atoms with Crippen LogP contribution in [0.5, 0.6) is 0 Å². The number of carbonyl (C=O) groups is 1. The highest BCUT2D eigenvalue weighted by Crippen LogP contribution is 2.33. The van der Waals surface area contributed by atoms with E-state index in [-0.39, 0.29) is 11.4 Å². The molecule has 0 saturated heterocycles. The first kappa shape index (κ1) is 15.0. The molecule has 1 aliphatic heterocycles. The van der Waals surface area contributed by atoms with Gasteiger partial charge < -0.3 is 10.4 Å². The monoisotopic (exact) mass is 309 g/mol. The normalized spacial score (nSPS) is 13.1. The van der Waals surface area contributed by atoms with E-state index in [0.717, 1.165) is 16.8 Å². The maximum Gasteiger partial charge on any atom is 0.337 e. The zero-order valence-electron chi connectivity index (χ0n) is 12.7. The van der Waals surface area contributed by atoms with Crippen molar-refractivity contribution in [2.75, 3.05) is 5.32 Å². The fourth-order valence-electron chi connectivity index (χ4n) is 2.71. The summed E-state index contributed by atoms with van der Waals surface area (Å²) in [5.41, 5.74) is 4.26. The van der Waals surface area contributed by atoms with Crippen LogP contribution in [0.25, 0.3) is 5.57 Å². The molecule has 4 heteroatoms. The molecule has 0 amide bonds. The van der Waals surface area contributed by atoms with E-state index in [9.17, 15) is 14.3 Å². The molecule has 3 rings (SSSR count). The van der Waals surface area contributed by atoms with Crippen molar-refractivity contribution >= 4 is 17.2 Å². The Hall–Kier alpha value is -2.88. The van der Waals surface area contributed by atoms with E-state index in [1.165, 1.54) is 6.20 Å². The van der Waals surface area contributed by atoms with Crippen molar-refractivity contribution in [1.29, 1.82) is 0 Å². The molecular formula is C19H16FNO2. The predicted molar refractivity (Wildman–Crippen MR) is 88.8 cm³/mol. The van der Waals surface area contributed by atoms with Crippen LogP contribution in [0, 0.1) is 12.7 Å². The number of nitrogens with one attached hydrogen (secondary N) is 1. The van der Waals surface area contributed by atoms with Gasteiger partial charge in [-0.15, -0.1) is 0 Å². The summed E-state index contributed by atoms with van der Waals surface area (Å²) in [6, 6.07) is 11.0. The zero-order valence-corrected chi connectivity index (χ0v) is 12.7. The number of anilines is 1. The van der Waals surface area contributed by atoms with E-state index in [1.54, 1.807) is 19.1 Å². The minimum Gasteiger partial charge on any atom is -0.478 e. The Morgan fingerprint density at radius 1 is 1.30 bits per heavy atom. The van der Waals surface area contributed by atoms with Crippen molar-refractivity contribution < 1.29 is 14.3 Å². The topological polar surface area (TPSA) is 49.3 Å². The quantitative estimate of drug-likeness (QED) is 0.896. The molecule has 116 valence electrons. The van der Waals surface area contributed by atoms with E-state index in [0.29, 0.717) is 23.1 Å². The molecule has 0 radical (unpaired) electrons. The molecule has 0 atom stereocenters. The van der Waals surface area contributed by atoms with E-state index in [2.05, 4.69) is 11.9 Å². The summed E-state index contributed by atoms with van der Waals surface area (Å²) in [7, 11) is 0. The Morgan fingerprint density at radius 3 is 2.83 bits per heavy atom. The van der Waals surface area contributed by atoms with Gasteiger partial charge in [-0.2, -0.15) is 0 Å². The molecule has 0 aliphatic carbocycles. The van der Waals surface area contributed by atoms with Gasteiger partial charge in [0.15, 0.2) is 0 Å². The second kappa shape index (κ2) is 5.72. The maximum atomic E-state index is 14.2. The largest absolute Gasteiger partial charge is 0.478 e. The molecule has 2 aromatic rings. The Bertz CT molecular complexity index is 852. The molecule has 0 unspecified atom stereocenters. The smallest absolute Gasteiger partial charge is 0.337 e. The first-order chi connectivity index (χ1) is 11.0. The van der Waals surface area contributed by atoms with Crippen LogP contribution in [0.3, 0.4) is 0 Å². The van der Waals surface area contributed by atoms with Crippen LogP contribution in [0.2, 0.25) is 0 Å². The third kappa shape index (κ3) is 2.75. The first-order valence-electron chi connectivity index (χ1n) is 7.24. The molecule has 2 aromatic carbocycles. The van der Waals surface area contributed by atoms with Crippen molar-refractivity contribution in [2.24, 2.45) is 0 Å². The number of aliphatic carboxylic acids is 1. The van der Waals surface area contributed by atoms with Gasteiger partial charge in [-0.3, -0.25) is 0 Å². The van der Waals surface area contributed by atoms with Crippen LogP contribution in [0.1, 0.15) is 22.3 Å². The van der Waals surface area contributed by atoms with E-state index in [4.69, 9.17) is 0 Å². The van der Waals surface area contributed by atoms with Gasteiger partial charge in [-0.1, -0.05) is 30.8 Å². The summed E-state index contributed by atoms with van der Waals surface area (Å²) >= 11 is 0. The number of hydrogen-bond donors (Lipinski definition) is 2.